The fourth-order valence-electron chi connectivity index (χ4n) is 3.54. The summed E-state index contributed by atoms with van der Waals surface area (Å²) in [5.41, 5.74) is 0.885. The van der Waals surface area contributed by atoms with Crippen molar-refractivity contribution in [3.8, 4) is 11.3 Å². The molecule has 0 unspecified atom stereocenters. The molecule has 0 saturated heterocycles. The number of pyridine rings is 1. The first kappa shape index (κ1) is 17.6. The number of carbonyl (C=O) groups is 1. The zero-order valence-corrected chi connectivity index (χ0v) is 14.5. The van der Waals surface area contributed by atoms with Crippen molar-refractivity contribution >= 4 is 17.4 Å². The van der Waals surface area contributed by atoms with Gasteiger partial charge in [-0.1, -0.05) is 31.0 Å². The molecule has 1 saturated carbocycles. The number of imidazole rings is 1. The van der Waals surface area contributed by atoms with Gasteiger partial charge in [-0.3, -0.25) is 9.20 Å². The van der Waals surface area contributed by atoms with Gasteiger partial charge in [0.25, 0.3) is 0 Å². The normalized spacial score (nSPS) is 15.4. The number of rotatable bonds is 3. The number of benzene rings is 1. The van der Waals surface area contributed by atoms with E-state index in [1.807, 2.05) is 12.1 Å². The second-order valence-electron chi connectivity index (χ2n) is 6.78. The predicted molar refractivity (Wildman–Crippen MR) is 96.2 cm³/mol. The van der Waals surface area contributed by atoms with Crippen molar-refractivity contribution in [2.24, 2.45) is 5.92 Å². The molecule has 7 heteroatoms. The van der Waals surface area contributed by atoms with Crippen LogP contribution in [0.3, 0.4) is 0 Å². The zero-order chi connectivity index (χ0) is 19.0. The van der Waals surface area contributed by atoms with Crippen LogP contribution in [0.25, 0.3) is 16.9 Å². The van der Waals surface area contributed by atoms with Gasteiger partial charge in [0, 0.05) is 17.7 Å². The summed E-state index contributed by atoms with van der Waals surface area (Å²) in [5.74, 6) is 0.397. The van der Waals surface area contributed by atoms with E-state index in [0.717, 1.165) is 37.8 Å². The van der Waals surface area contributed by atoms with Crippen molar-refractivity contribution in [2.45, 2.75) is 31.9 Å². The molecule has 0 spiro atoms. The van der Waals surface area contributed by atoms with E-state index in [1.165, 1.54) is 12.1 Å². The highest BCUT2D eigenvalue weighted by Gasteiger charge is 2.30. The number of amides is 1. The van der Waals surface area contributed by atoms with Crippen LogP contribution < -0.4 is 5.32 Å². The van der Waals surface area contributed by atoms with Crippen LogP contribution in [0.1, 0.15) is 31.2 Å². The Labute approximate surface area is 154 Å². The molecule has 27 heavy (non-hydrogen) atoms. The Bertz CT molecular complexity index is 970. The predicted octanol–water partition coefficient (Wildman–Crippen LogP) is 5.15. The van der Waals surface area contributed by atoms with Crippen LogP contribution in [0.2, 0.25) is 0 Å². The van der Waals surface area contributed by atoms with Crippen LogP contribution in [0, 0.1) is 5.92 Å². The van der Waals surface area contributed by atoms with E-state index < -0.39 is 11.7 Å². The van der Waals surface area contributed by atoms with Gasteiger partial charge in [-0.15, -0.1) is 0 Å². The van der Waals surface area contributed by atoms with Crippen molar-refractivity contribution in [3.63, 3.8) is 0 Å². The van der Waals surface area contributed by atoms with Crippen LogP contribution in [0.4, 0.5) is 19.0 Å². The molecule has 1 aliphatic carbocycles. The Morgan fingerprint density at radius 2 is 1.78 bits per heavy atom. The molecule has 1 amide bonds. The summed E-state index contributed by atoms with van der Waals surface area (Å²) in [4.78, 5) is 17.1. The van der Waals surface area contributed by atoms with Crippen LogP contribution in [-0.2, 0) is 11.0 Å². The summed E-state index contributed by atoms with van der Waals surface area (Å²) in [5, 5.41) is 2.96. The minimum atomic E-state index is -4.39. The molecule has 0 atom stereocenters. The zero-order valence-electron chi connectivity index (χ0n) is 14.5. The first-order valence-corrected chi connectivity index (χ1v) is 8.89. The molecule has 4 nitrogen and oxygen atoms in total. The van der Waals surface area contributed by atoms with Crippen molar-refractivity contribution in [3.05, 3.63) is 54.2 Å². The van der Waals surface area contributed by atoms with E-state index in [2.05, 4.69) is 10.3 Å². The molecule has 2 heterocycles. The topological polar surface area (TPSA) is 46.4 Å². The van der Waals surface area contributed by atoms with E-state index in [0.29, 0.717) is 22.7 Å². The molecule has 1 aromatic carbocycles. The Morgan fingerprint density at radius 3 is 2.44 bits per heavy atom. The molecule has 1 fully saturated rings. The Kier molecular flexibility index (Phi) is 4.37. The Balaban J connectivity index is 1.74. The van der Waals surface area contributed by atoms with Gasteiger partial charge in [0.05, 0.1) is 5.56 Å². The molecule has 1 N–H and O–H groups in total. The second kappa shape index (κ2) is 6.72. The molecule has 3 aromatic rings. The highest BCUT2D eigenvalue weighted by atomic mass is 19.4. The fourth-order valence-corrected chi connectivity index (χ4v) is 3.54. The lowest BCUT2D eigenvalue weighted by molar-refractivity contribution is -0.137. The van der Waals surface area contributed by atoms with Gasteiger partial charge in [0.15, 0.2) is 0 Å². The second-order valence-corrected chi connectivity index (χ2v) is 6.78. The van der Waals surface area contributed by atoms with Crippen molar-refractivity contribution in [1.82, 2.24) is 9.38 Å². The molecule has 0 aliphatic heterocycles. The first-order chi connectivity index (χ1) is 12.9. The number of aromatic nitrogens is 2. The number of fused-ring (bicyclic) bond motifs is 1. The Hall–Kier alpha value is -2.83. The van der Waals surface area contributed by atoms with Crippen molar-refractivity contribution < 1.29 is 18.0 Å². The molecular formula is C20H18F3N3O. The first-order valence-electron chi connectivity index (χ1n) is 8.89. The number of halogens is 3. The number of alkyl halides is 3. The molecule has 4 rings (SSSR count). The third kappa shape index (κ3) is 3.41. The van der Waals surface area contributed by atoms with Gasteiger partial charge in [-0.2, -0.15) is 13.2 Å². The number of hydrogen-bond acceptors (Lipinski definition) is 2. The van der Waals surface area contributed by atoms with Crippen LogP contribution >= 0.6 is 0 Å². The Morgan fingerprint density at radius 1 is 1.07 bits per heavy atom. The van der Waals surface area contributed by atoms with Gasteiger partial charge in [0.2, 0.25) is 5.91 Å². The fraction of sp³-hybridized carbons (Fsp3) is 0.300. The quantitative estimate of drug-likeness (QED) is 0.690. The van der Waals surface area contributed by atoms with Crippen LogP contribution in [0.15, 0.2) is 48.7 Å². The summed E-state index contributed by atoms with van der Waals surface area (Å²) in [7, 11) is 0. The third-order valence-corrected chi connectivity index (χ3v) is 4.98. The monoisotopic (exact) mass is 373 g/mol. The highest BCUT2D eigenvalue weighted by Crippen LogP contribution is 2.34. The van der Waals surface area contributed by atoms with Gasteiger partial charge in [-0.25, -0.2) is 4.98 Å². The van der Waals surface area contributed by atoms with E-state index in [4.69, 9.17) is 0 Å². The molecule has 1 aliphatic rings. The summed E-state index contributed by atoms with van der Waals surface area (Å²) >= 11 is 0. The van der Waals surface area contributed by atoms with Crippen LogP contribution in [-0.4, -0.2) is 15.3 Å². The summed E-state index contributed by atoms with van der Waals surface area (Å²) in [6.07, 6.45) is 1.18. The number of nitrogens with one attached hydrogen (secondary N) is 1. The van der Waals surface area contributed by atoms with E-state index >= 15 is 0 Å². The highest BCUT2D eigenvalue weighted by molar-refractivity contribution is 5.96. The number of anilines is 1. The number of hydrogen-bond donors (Lipinski definition) is 1. The SMILES string of the molecule is O=C(Nc1c(-c2ccc(C(F)(F)F)cc2)nc2ccccn12)C1CCCC1. The van der Waals surface area contributed by atoms with E-state index in [9.17, 15) is 18.0 Å². The number of nitrogens with zero attached hydrogens (tertiary/aromatic N) is 2. The average Bonchev–Trinajstić information content (AvgIpc) is 3.30. The van der Waals surface area contributed by atoms with E-state index in [-0.39, 0.29) is 11.8 Å². The lowest BCUT2D eigenvalue weighted by Gasteiger charge is -2.12. The maximum atomic E-state index is 12.8. The summed E-state index contributed by atoms with van der Waals surface area (Å²) < 4.78 is 40.3. The summed E-state index contributed by atoms with van der Waals surface area (Å²) in [6.45, 7) is 0. The van der Waals surface area contributed by atoms with Gasteiger partial charge in [-0.05, 0) is 37.1 Å². The minimum absolute atomic E-state index is 0.0280. The maximum absolute atomic E-state index is 12.8. The van der Waals surface area contributed by atoms with Gasteiger partial charge < -0.3 is 5.32 Å². The van der Waals surface area contributed by atoms with Crippen LogP contribution in [0.5, 0.6) is 0 Å². The van der Waals surface area contributed by atoms with Crippen molar-refractivity contribution in [2.75, 3.05) is 5.32 Å². The van der Waals surface area contributed by atoms with Gasteiger partial charge >= 0.3 is 6.18 Å². The lowest BCUT2D eigenvalue weighted by atomic mass is 10.1. The standard InChI is InChI=1S/C20H18F3N3O/c21-20(22,23)15-10-8-13(9-11-15)17-18(25-19(27)14-5-1-2-6-14)26-12-4-3-7-16(26)24-17/h3-4,7-12,14H,1-2,5-6H2,(H,25,27). The number of carbonyl (C=O) groups excluding carboxylic acids is 1. The average molecular weight is 373 g/mol. The molecule has 0 radical (unpaired) electrons. The lowest BCUT2D eigenvalue weighted by Crippen LogP contribution is -2.21. The van der Waals surface area contributed by atoms with E-state index in [1.54, 1.807) is 16.7 Å². The minimum Gasteiger partial charge on any atom is -0.310 e. The largest absolute Gasteiger partial charge is 0.416 e. The molecule has 2 aromatic heterocycles. The third-order valence-electron chi connectivity index (χ3n) is 4.98. The molecule has 0 bridgehead atoms. The maximum Gasteiger partial charge on any atom is 0.416 e. The van der Waals surface area contributed by atoms with Gasteiger partial charge in [0.1, 0.15) is 17.2 Å². The van der Waals surface area contributed by atoms with Crippen molar-refractivity contribution in [1.29, 1.82) is 0 Å². The summed E-state index contributed by atoms with van der Waals surface area (Å²) in [6, 6.07) is 10.3. The smallest absolute Gasteiger partial charge is 0.310 e. The molecular weight excluding hydrogens is 355 g/mol. The molecule has 140 valence electrons.